The molecule has 1 amide bonds. The first-order chi connectivity index (χ1) is 17.3. The number of carbonyl (C=O) groups excluding carboxylic acids is 1. The first kappa shape index (κ1) is 24.9. The van der Waals surface area contributed by atoms with E-state index in [2.05, 4.69) is 35.5 Å². The van der Waals surface area contributed by atoms with Crippen molar-refractivity contribution in [3.05, 3.63) is 72.7 Å². The van der Waals surface area contributed by atoms with Crippen LogP contribution < -0.4 is 15.4 Å². The van der Waals surface area contributed by atoms with Crippen LogP contribution in [0.2, 0.25) is 0 Å². The zero-order valence-electron chi connectivity index (χ0n) is 19.1. The maximum absolute atomic E-state index is 13.1. The minimum absolute atomic E-state index is 0.122. The Morgan fingerprint density at radius 2 is 1.89 bits per heavy atom. The summed E-state index contributed by atoms with van der Waals surface area (Å²) in [6, 6.07) is 12.1. The average Bonchev–Trinajstić information content (AvgIpc) is 3.55. The molecule has 13 heteroatoms. The number of H-pyrrole nitrogens is 2. The summed E-state index contributed by atoms with van der Waals surface area (Å²) >= 11 is 0. The number of fused-ring (bicyclic) bond motifs is 1. The first-order valence-corrected chi connectivity index (χ1v) is 12.6. The number of nitrogens with zero attached hydrogens (tertiary/aromatic N) is 2. The molecule has 2 aromatic carbocycles. The van der Waals surface area contributed by atoms with E-state index in [1.54, 1.807) is 30.7 Å². The maximum atomic E-state index is 13.1. The van der Waals surface area contributed by atoms with E-state index < -0.39 is 27.6 Å². The van der Waals surface area contributed by atoms with E-state index >= 15 is 0 Å². The predicted molar refractivity (Wildman–Crippen MR) is 132 cm³/mol. The molecular formula is C23H25N7O5S. The van der Waals surface area contributed by atoms with Gasteiger partial charge < -0.3 is 20.7 Å². The minimum atomic E-state index is -4.29. The molecule has 4 aromatic rings. The SMILES string of the molecule is O=C(NC(CCCCNc1ncc[nH]1)(NS(=O)(=O)c1ccccc1)C(=O)O)c1ccc2cn[nH]c2c1. The van der Waals surface area contributed by atoms with Crippen molar-refractivity contribution >= 4 is 38.8 Å². The summed E-state index contributed by atoms with van der Waals surface area (Å²) in [6.45, 7) is 0.457. The van der Waals surface area contributed by atoms with Gasteiger partial charge in [-0.15, -0.1) is 0 Å². The number of nitrogens with one attached hydrogen (secondary N) is 5. The van der Waals surface area contributed by atoms with Gasteiger partial charge >= 0.3 is 5.97 Å². The second-order valence-electron chi connectivity index (χ2n) is 8.08. The van der Waals surface area contributed by atoms with Crippen molar-refractivity contribution in [3.63, 3.8) is 0 Å². The smallest absolute Gasteiger partial charge is 0.345 e. The van der Waals surface area contributed by atoms with Crippen molar-refractivity contribution in [3.8, 4) is 0 Å². The summed E-state index contributed by atoms with van der Waals surface area (Å²) < 4.78 is 28.4. The van der Waals surface area contributed by atoms with Gasteiger partial charge in [0.15, 0.2) is 5.95 Å². The van der Waals surface area contributed by atoms with Crippen LogP contribution in [0.25, 0.3) is 10.9 Å². The number of unbranched alkanes of at least 4 members (excludes halogenated alkanes) is 1. The number of benzene rings is 2. The van der Waals surface area contributed by atoms with E-state index in [9.17, 15) is 23.1 Å². The number of amides is 1. The van der Waals surface area contributed by atoms with Gasteiger partial charge in [-0.25, -0.2) is 18.2 Å². The third-order valence-corrected chi connectivity index (χ3v) is 7.04. The molecule has 1 unspecified atom stereocenters. The van der Waals surface area contributed by atoms with E-state index in [0.717, 1.165) is 5.39 Å². The number of carboxylic acids is 1. The predicted octanol–water partition coefficient (Wildman–Crippen LogP) is 2.06. The lowest BCUT2D eigenvalue weighted by atomic mass is 10.0. The van der Waals surface area contributed by atoms with Crippen molar-refractivity contribution in [2.24, 2.45) is 0 Å². The molecule has 12 nitrogen and oxygen atoms in total. The number of rotatable bonds is 12. The third-order valence-electron chi connectivity index (χ3n) is 5.53. The van der Waals surface area contributed by atoms with Gasteiger partial charge in [0.2, 0.25) is 15.7 Å². The molecule has 6 N–H and O–H groups in total. The maximum Gasteiger partial charge on any atom is 0.345 e. The molecule has 2 aromatic heterocycles. The molecule has 1 atom stereocenters. The van der Waals surface area contributed by atoms with Crippen molar-refractivity contribution in [1.29, 1.82) is 0 Å². The number of imidazole rings is 1. The van der Waals surface area contributed by atoms with Crippen LogP contribution in [0.3, 0.4) is 0 Å². The van der Waals surface area contributed by atoms with E-state index in [-0.39, 0.29) is 23.3 Å². The third kappa shape index (κ3) is 5.70. The number of aliphatic carboxylic acids is 1. The van der Waals surface area contributed by atoms with Gasteiger partial charge in [-0.1, -0.05) is 24.3 Å². The van der Waals surface area contributed by atoms with Crippen molar-refractivity contribution in [2.45, 2.75) is 29.8 Å². The quantitative estimate of drug-likeness (QED) is 0.123. The summed E-state index contributed by atoms with van der Waals surface area (Å²) in [6.07, 6.45) is 5.39. The molecule has 4 rings (SSSR count). The highest BCUT2D eigenvalue weighted by atomic mass is 32.2. The fourth-order valence-electron chi connectivity index (χ4n) is 3.66. The molecular weight excluding hydrogens is 486 g/mol. The molecule has 188 valence electrons. The number of hydrogen-bond donors (Lipinski definition) is 6. The Morgan fingerprint density at radius 3 is 2.61 bits per heavy atom. The van der Waals surface area contributed by atoms with Crippen LogP contribution in [0.15, 0.2) is 72.0 Å². The minimum Gasteiger partial charge on any atom is -0.478 e. The molecule has 0 aliphatic heterocycles. The van der Waals surface area contributed by atoms with Crippen LogP contribution in [0.1, 0.15) is 29.6 Å². The normalized spacial score (nSPS) is 13.2. The second kappa shape index (κ2) is 10.6. The second-order valence-corrected chi connectivity index (χ2v) is 9.76. The van der Waals surface area contributed by atoms with E-state index in [1.165, 1.54) is 36.4 Å². The first-order valence-electron chi connectivity index (χ1n) is 11.1. The van der Waals surface area contributed by atoms with Gasteiger partial charge in [0.1, 0.15) is 0 Å². The number of aromatic amines is 2. The van der Waals surface area contributed by atoms with Crippen LogP contribution in [0.5, 0.6) is 0 Å². The van der Waals surface area contributed by atoms with Gasteiger partial charge in [-0.05, 0) is 43.5 Å². The number of carboxylic acid groups (broad SMARTS) is 1. The summed E-state index contributed by atoms with van der Waals surface area (Å²) in [5.41, 5.74) is -1.56. The van der Waals surface area contributed by atoms with Crippen molar-refractivity contribution < 1.29 is 23.1 Å². The highest BCUT2D eigenvalue weighted by Crippen LogP contribution is 2.20. The average molecular weight is 512 g/mol. The van der Waals surface area contributed by atoms with Crippen LogP contribution in [-0.4, -0.2) is 57.8 Å². The molecule has 0 saturated heterocycles. The van der Waals surface area contributed by atoms with Crippen LogP contribution in [0.4, 0.5) is 5.95 Å². The zero-order valence-corrected chi connectivity index (χ0v) is 19.9. The van der Waals surface area contributed by atoms with Crippen LogP contribution >= 0.6 is 0 Å². The summed E-state index contributed by atoms with van der Waals surface area (Å²) in [7, 11) is -4.29. The van der Waals surface area contributed by atoms with E-state index in [4.69, 9.17) is 0 Å². The van der Waals surface area contributed by atoms with Crippen molar-refractivity contribution in [2.75, 3.05) is 11.9 Å². The van der Waals surface area contributed by atoms with Gasteiger partial charge in [-0.3, -0.25) is 9.89 Å². The molecule has 0 saturated carbocycles. The summed E-state index contributed by atoms with van der Waals surface area (Å²) in [4.78, 5) is 32.5. The fraction of sp³-hybridized carbons (Fsp3) is 0.217. The largest absolute Gasteiger partial charge is 0.478 e. The zero-order chi connectivity index (χ0) is 25.6. The van der Waals surface area contributed by atoms with E-state index in [0.29, 0.717) is 24.4 Å². The Hall–Kier alpha value is -4.23. The molecule has 0 spiro atoms. The van der Waals surface area contributed by atoms with Gasteiger partial charge in [-0.2, -0.15) is 9.82 Å². The molecule has 36 heavy (non-hydrogen) atoms. The fourth-order valence-corrected chi connectivity index (χ4v) is 4.99. The van der Waals surface area contributed by atoms with Gasteiger partial charge in [0.25, 0.3) is 5.91 Å². The lowest BCUT2D eigenvalue weighted by Crippen LogP contribution is -2.65. The summed E-state index contributed by atoms with van der Waals surface area (Å²) in [5.74, 6) is -1.72. The molecule has 0 radical (unpaired) electrons. The topological polar surface area (TPSA) is 182 Å². The Labute approximate surface area is 206 Å². The molecule has 0 fully saturated rings. The van der Waals surface area contributed by atoms with Crippen LogP contribution in [-0.2, 0) is 14.8 Å². The Balaban J connectivity index is 1.57. The summed E-state index contributed by atoms with van der Waals surface area (Å²) in [5, 5.41) is 23.1. The number of aromatic nitrogens is 4. The number of hydrogen-bond acceptors (Lipinski definition) is 7. The lowest BCUT2D eigenvalue weighted by Gasteiger charge is -2.31. The van der Waals surface area contributed by atoms with Gasteiger partial charge in [0, 0.05) is 29.9 Å². The van der Waals surface area contributed by atoms with Crippen LogP contribution in [0, 0.1) is 0 Å². The number of anilines is 1. The Kier molecular flexibility index (Phi) is 7.31. The highest BCUT2D eigenvalue weighted by molar-refractivity contribution is 7.89. The van der Waals surface area contributed by atoms with Gasteiger partial charge in [0.05, 0.1) is 16.6 Å². The monoisotopic (exact) mass is 511 g/mol. The Morgan fingerprint density at radius 1 is 1.08 bits per heavy atom. The van der Waals surface area contributed by atoms with E-state index in [1.807, 2.05) is 0 Å². The lowest BCUT2D eigenvalue weighted by molar-refractivity contribution is -0.145. The molecule has 0 bridgehead atoms. The molecule has 0 aliphatic rings. The number of carbonyl (C=O) groups is 2. The Bertz CT molecular complexity index is 1440. The van der Waals surface area contributed by atoms with Crippen molar-refractivity contribution in [1.82, 2.24) is 30.2 Å². The molecule has 0 aliphatic carbocycles. The highest BCUT2D eigenvalue weighted by Gasteiger charge is 2.44. The standard InChI is InChI=1S/C23H25N7O5S/c31-20(16-8-9-17-15-27-29-19(17)14-16)28-23(21(32)33,10-4-5-11-24-22-25-12-13-26-22)30-36(34,35)18-6-2-1-3-7-18/h1-3,6-9,12-15,30H,4-5,10-11H2,(H,27,29)(H,28,31)(H,32,33)(H2,24,25,26). The molecule has 2 heterocycles. The number of sulfonamides is 1.